The molecule has 0 bridgehead atoms. The lowest BCUT2D eigenvalue weighted by Gasteiger charge is -2.29. The van der Waals surface area contributed by atoms with E-state index in [-0.39, 0.29) is 37.7 Å². The Bertz CT molecular complexity index is 1120. The molecule has 2 rings (SSSR count). The van der Waals surface area contributed by atoms with Crippen molar-refractivity contribution >= 4 is 27.5 Å². The van der Waals surface area contributed by atoms with Gasteiger partial charge in [0.2, 0.25) is 21.8 Å². The fraction of sp³-hybridized carbons (Fsp3) is 0.481. The number of nitrogens with zero attached hydrogens (tertiary/aromatic N) is 2. The summed E-state index contributed by atoms with van der Waals surface area (Å²) in [7, 11) is -2.00. The number of benzene rings is 2. The molecule has 1 N–H and O–H groups in total. The van der Waals surface area contributed by atoms with Gasteiger partial charge in [0, 0.05) is 26.1 Å². The van der Waals surface area contributed by atoms with E-state index in [9.17, 15) is 18.0 Å². The van der Waals surface area contributed by atoms with Crippen molar-refractivity contribution in [1.82, 2.24) is 10.2 Å². The van der Waals surface area contributed by atoms with Gasteiger partial charge in [-0.05, 0) is 68.7 Å². The van der Waals surface area contributed by atoms with Crippen molar-refractivity contribution in [2.75, 3.05) is 37.4 Å². The van der Waals surface area contributed by atoms with Crippen LogP contribution in [0.3, 0.4) is 0 Å². The van der Waals surface area contributed by atoms with E-state index in [1.165, 1.54) is 9.21 Å². The number of ether oxygens (including phenoxy) is 2. The normalized spacial score (nSPS) is 11.9. The molecule has 0 aliphatic heterocycles. The van der Waals surface area contributed by atoms with Gasteiger partial charge in [0.05, 0.1) is 25.7 Å². The van der Waals surface area contributed by atoms with Crippen LogP contribution in [0, 0.1) is 0 Å². The van der Waals surface area contributed by atoms with Gasteiger partial charge in [0.25, 0.3) is 0 Å². The molecule has 0 saturated carbocycles. The van der Waals surface area contributed by atoms with Crippen LogP contribution in [0.4, 0.5) is 5.69 Å². The minimum absolute atomic E-state index is 0.0818. The summed E-state index contributed by atoms with van der Waals surface area (Å²) in [6.45, 7) is 6.93. The lowest BCUT2D eigenvalue weighted by molar-refractivity contribution is -0.140. The number of hydrogen-bond acceptors (Lipinski definition) is 6. The third-order valence-corrected chi connectivity index (χ3v) is 6.99. The third-order valence-electron chi connectivity index (χ3n) is 5.79. The van der Waals surface area contributed by atoms with E-state index in [4.69, 9.17) is 9.47 Å². The molecule has 10 heteroatoms. The molecule has 0 aromatic heterocycles. The number of methoxy groups -OCH3 is 1. The predicted molar refractivity (Wildman–Crippen MR) is 145 cm³/mol. The molecule has 0 spiro atoms. The predicted octanol–water partition coefficient (Wildman–Crippen LogP) is 3.58. The molecule has 2 aromatic carbocycles. The molecule has 2 amide bonds. The average molecular weight is 534 g/mol. The number of sulfonamides is 1. The first-order valence-corrected chi connectivity index (χ1v) is 14.4. The SMILES string of the molecule is CCCNC(=O)C(C)N(Cc1cccc(OC)c1)C(=O)CCCN(c1ccc(OCC)cc1)S(C)(=O)=O. The Morgan fingerprint density at radius 2 is 1.76 bits per heavy atom. The van der Waals surface area contributed by atoms with Crippen molar-refractivity contribution in [3.8, 4) is 11.5 Å². The summed E-state index contributed by atoms with van der Waals surface area (Å²) in [5.41, 5.74) is 1.33. The molecule has 0 radical (unpaired) electrons. The van der Waals surface area contributed by atoms with Crippen molar-refractivity contribution in [2.24, 2.45) is 0 Å². The zero-order valence-electron chi connectivity index (χ0n) is 22.4. The van der Waals surface area contributed by atoms with Gasteiger partial charge in [-0.15, -0.1) is 0 Å². The Morgan fingerprint density at radius 1 is 1.05 bits per heavy atom. The molecule has 0 heterocycles. The van der Waals surface area contributed by atoms with Crippen LogP contribution in [0.5, 0.6) is 11.5 Å². The first-order chi connectivity index (χ1) is 17.6. The second kappa shape index (κ2) is 14.5. The van der Waals surface area contributed by atoms with Crippen molar-refractivity contribution in [1.29, 1.82) is 0 Å². The molecule has 1 unspecified atom stereocenters. The van der Waals surface area contributed by atoms with Gasteiger partial charge >= 0.3 is 0 Å². The Hall–Kier alpha value is -3.27. The quantitative estimate of drug-likeness (QED) is 0.375. The molecule has 0 fully saturated rings. The average Bonchev–Trinajstić information content (AvgIpc) is 2.88. The van der Waals surface area contributed by atoms with Gasteiger partial charge in [0.15, 0.2) is 0 Å². The molecule has 0 aliphatic rings. The molecule has 9 nitrogen and oxygen atoms in total. The van der Waals surface area contributed by atoms with E-state index >= 15 is 0 Å². The zero-order valence-corrected chi connectivity index (χ0v) is 23.2. The van der Waals surface area contributed by atoms with E-state index in [2.05, 4.69) is 5.32 Å². The topological polar surface area (TPSA) is 105 Å². The number of carbonyl (C=O) groups is 2. The van der Waals surface area contributed by atoms with E-state index < -0.39 is 16.1 Å². The van der Waals surface area contributed by atoms with E-state index in [0.29, 0.717) is 30.3 Å². The van der Waals surface area contributed by atoms with E-state index in [1.54, 1.807) is 38.3 Å². The van der Waals surface area contributed by atoms with Crippen LogP contribution in [-0.4, -0.2) is 64.2 Å². The number of hydrogen-bond donors (Lipinski definition) is 1. The Kier molecular flexibility index (Phi) is 11.7. The van der Waals surface area contributed by atoms with Gasteiger partial charge in [0.1, 0.15) is 17.5 Å². The molecule has 37 heavy (non-hydrogen) atoms. The van der Waals surface area contributed by atoms with Crippen LogP contribution in [0.15, 0.2) is 48.5 Å². The lowest BCUT2D eigenvalue weighted by atomic mass is 10.1. The molecule has 204 valence electrons. The summed E-state index contributed by atoms with van der Waals surface area (Å²) in [4.78, 5) is 27.6. The fourth-order valence-electron chi connectivity index (χ4n) is 3.83. The van der Waals surface area contributed by atoms with E-state index in [1.807, 2.05) is 38.1 Å². The van der Waals surface area contributed by atoms with Crippen molar-refractivity contribution in [2.45, 2.75) is 52.6 Å². The van der Waals surface area contributed by atoms with Gasteiger partial charge in [-0.2, -0.15) is 0 Å². The Balaban J connectivity index is 2.16. The van der Waals surface area contributed by atoms with Crippen LogP contribution in [0.25, 0.3) is 0 Å². The van der Waals surface area contributed by atoms with Crippen LogP contribution >= 0.6 is 0 Å². The van der Waals surface area contributed by atoms with Crippen LogP contribution in [0.2, 0.25) is 0 Å². The number of nitrogens with one attached hydrogen (secondary N) is 1. The monoisotopic (exact) mass is 533 g/mol. The summed E-state index contributed by atoms with van der Waals surface area (Å²) in [6, 6.07) is 13.5. The summed E-state index contributed by atoms with van der Waals surface area (Å²) >= 11 is 0. The van der Waals surface area contributed by atoms with Gasteiger partial charge in [-0.3, -0.25) is 13.9 Å². The maximum atomic E-state index is 13.3. The Morgan fingerprint density at radius 3 is 2.35 bits per heavy atom. The number of amides is 2. The highest BCUT2D eigenvalue weighted by Crippen LogP contribution is 2.23. The third kappa shape index (κ3) is 9.27. The number of rotatable bonds is 15. The lowest BCUT2D eigenvalue weighted by Crippen LogP contribution is -2.47. The molecule has 0 saturated heterocycles. The minimum Gasteiger partial charge on any atom is -0.497 e. The maximum Gasteiger partial charge on any atom is 0.242 e. The standard InChI is InChI=1S/C27H39N3O6S/c1-6-17-28-27(32)21(3)29(20-22-10-8-11-25(19-22)35-4)26(31)12-9-18-30(37(5,33)34)23-13-15-24(16-14-23)36-7-2/h8,10-11,13-16,19,21H,6-7,9,12,17-18,20H2,1-5H3,(H,28,32). The second-order valence-corrected chi connectivity index (χ2v) is 10.6. The molecular weight excluding hydrogens is 494 g/mol. The zero-order chi connectivity index (χ0) is 27.4. The minimum atomic E-state index is -3.57. The first kappa shape index (κ1) is 30.0. The molecule has 0 aliphatic carbocycles. The van der Waals surface area contributed by atoms with Crippen molar-refractivity contribution in [3.05, 3.63) is 54.1 Å². The van der Waals surface area contributed by atoms with Crippen LogP contribution in [0.1, 0.15) is 45.6 Å². The van der Waals surface area contributed by atoms with Gasteiger partial charge < -0.3 is 19.7 Å². The molecule has 1 atom stereocenters. The first-order valence-electron chi connectivity index (χ1n) is 12.5. The van der Waals surface area contributed by atoms with Gasteiger partial charge in [-0.25, -0.2) is 8.42 Å². The summed E-state index contributed by atoms with van der Waals surface area (Å²) in [6.07, 6.45) is 2.30. The largest absolute Gasteiger partial charge is 0.497 e. The highest BCUT2D eigenvalue weighted by Gasteiger charge is 2.26. The highest BCUT2D eigenvalue weighted by atomic mass is 32.2. The molecular formula is C27H39N3O6S. The molecule has 2 aromatic rings. The summed E-state index contributed by atoms with van der Waals surface area (Å²) < 4.78 is 37.0. The fourth-order valence-corrected chi connectivity index (χ4v) is 4.79. The number of anilines is 1. The smallest absolute Gasteiger partial charge is 0.242 e. The second-order valence-electron chi connectivity index (χ2n) is 8.71. The van der Waals surface area contributed by atoms with Crippen LogP contribution < -0.4 is 19.1 Å². The van der Waals surface area contributed by atoms with E-state index in [0.717, 1.165) is 18.2 Å². The van der Waals surface area contributed by atoms with Gasteiger partial charge in [-0.1, -0.05) is 19.1 Å². The number of carbonyl (C=O) groups excluding carboxylic acids is 2. The van der Waals surface area contributed by atoms with Crippen molar-refractivity contribution < 1.29 is 27.5 Å². The van der Waals surface area contributed by atoms with Crippen LogP contribution in [-0.2, 0) is 26.2 Å². The summed E-state index contributed by atoms with van der Waals surface area (Å²) in [5.74, 6) is 0.845. The Labute approximate surface area is 220 Å². The maximum absolute atomic E-state index is 13.3. The highest BCUT2D eigenvalue weighted by molar-refractivity contribution is 7.92. The van der Waals surface area contributed by atoms with Crippen molar-refractivity contribution in [3.63, 3.8) is 0 Å². The summed E-state index contributed by atoms with van der Waals surface area (Å²) in [5, 5.41) is 2.85.